The van der Waals surface area contributed by atoms with Crippen LogP contribution in [0, 0.1) is 18.7 Å². The molecular formula is C16H24FN. The summed E-state index contributed by atoms with van der Waals surface area (Å²) in [7, 11) is 0. The van der Waals surface area contributed by atoms with Crippen molar-refractivity contribution in [2.45, 2.75) is 34.1 Å². The van der Waals surface area contributed by atoms with E-state index in [0.717, 1.165) is 25.1 Å². The predicted molar refractivity (Wildman–Crippen MR) is 77.1 cm³/mol. The van der Waals surface area contributed by atoms with E-state index in [1.54, 1.807) is 12.1 Å². The standard InChI is InChI=1S/C16H24FN/c1-5-8-18-11-15(12(2)3)10-14-9-13(4)6-7-16(14)17/h6-7,9-10,12,18H,5,8,11H2,1-4H3/b15-10-. The Kier molecular flexibility index (Phi) is 6.06. The summed E-state index contributed by atoms with van der Waals surface area (Å²) >= 11 is 0. The van der Waals surface area contributed by atoms with Crippen molar-refractivity contribution in [2.24, 2.45) is 5.92 Å². The Bertz CT molecular complexity index is 408. The fraction of sp³-hybridized carbons (Fsp3) is 0.500. The lowest BCUT2D eigenvalue weighted by Crippen LogP contribution is -2.20. The van der Waals surface area contributed by atoms with Gasteiger partial charge in [-0.05, 0) is 37.9 Å². The number of benzene rings is 1. The molecule has 0 saturated heterocycles. The van der Waals surface area contributed by atoms with Gasteiger partial charge in [0.25, 0.3) is 0 Å². The smallest absolute Gasteiger partial charge is 0.130 e. The van der Waals surface area contributed by atoms with Crippen LogP contribution in [0.3, 0.4) is 0 Å². The second kappa shape index (κ2) is 7.32. The highest BCUT2D eigenvalue weighted by atomic mass is 19.1. The van der Waals surface area contributed by atoms with Crippen LogP contribution >= 0.6 is 0 Å². The van der Waals surface area contributed by atoms with E-state index in [0.29, 0.717) is 11.5 Å². The van der Waals surface area contributed by atoms with E-state index in [4.69, 9.17) is 0 Å². The molecule has 2 heteroatoms. The number of rotatable bonds is 6. The zero-order valence-corrected chi connectivity index (χ0v) is 11.9. The van der Waals surface area contributed by atoms with E-state index in [2.05, 4.69) is 26.1 Å². The van der Waals surface area contributed by atoms with Crippen LogP contribution in [0.2, 0.25) is 0 Å². The molecule has 0 bridgehead atoms. The molecule has 1 aromatic carbocycles. The topological polar surface area (TPSA) is 12.0 Å². The van der Waals surface area contributed by atoms with E-state index < -0.39 is 0 Å². The van der Waals surface area contributed by atoms with Gasteiger partial charge in [0.15, 0.2) is 0 Å². The van der Waals surface area contributed by atoms with Crippen LogP contribution in [0.1, 0.15) is 38.3 Å². The van der Waals surface area contributed by atoms with Gasteiger partial charge >= 0.3 is 0 Å². The highest BCUT2D eigenvalue weighted by Crippen LogP contribution is 2.18. The average molecular weight is 249 g/mol. The van der Waals surface area contributed by atoms with Gasteiger partial charge < -0.3 is 5.32 Å². The van der Waals surface area contributed by atoms with Gasteiger partial charge in [0.1, 0.15) is 5.82 Å². The van der Waals surface area contributed by atoms with Crippen molar-refractivity contribution < 1.29 is 4.39 Å². The normalized spacial score (nSPS) is 12.2. The van der Waals surface area contributed by atoms with Gasteiger partial charge in [0, 0.05) is 12.1 Å². The summed E-state index contributed by atoms with van der Waals surface area (Å²) in [6.45, 7) is 10.3. The Hall–Kier alpha value is -1.15. The fourth-order valence-corrected chi connectivity index (χ4v) is 1.80. The molecule has 100 valence electrons. The first-order valence-corrected chi connectivity index (χ1v) is 6.72. The maximum atomic E-state index is 13.7. The molecule has 1 rings (SSSR count). The molecule has 0 radical (unpaired) electrons. The van der Waals surface area contributed by atoms with Crippen LogP contribution < -0.4 is 5.32 Å². The van der Waals surface area contributed by atoms with Gasteiger partial charge in [-0.2, -0.15) is 0 Å². The maximum absolute atomic E-state index is 13.7. The van der Waals surface area contributed by atoms with Crippen molar-refractivity contribution in [2.75, 3.05) is 13.1 Å². The van der Waals surface area contributed by atoms with Crippen molar-refractivity contribution in [3.8, 4) is 0 Å². The average Bonchev–Trinajstić information content (AvgIpc) is 2.32. The molecule has 0 spiro atoms. The quantitative estimate of drug-likeness (QED) is 0.746. The minimum atomic E-state index is -0.144. The molecule has 0 unspecified atom stereocenters. The van der Waals surface area contributed by atoms with Crippen LogP contribution in [0.4, 0.5) is 4.39 Å². The van der Waals surface area contributed by atoms with Crippen LogP contribution in [-0.2, 0) is 0 Å². The predicted octanol–water partition coefficient (Wildman–Crippen LogP) is 4.17. The minimum absolute atomic E-state index is 0.144. The summed E-state index contributed by atoms with van der Waals surface area (Å²) in [4.78, 5) is 0. The summed E-state index contributed by atoms with van der Waals surface area (Å²) in [6.07, 6.45) is 3.10. The Labute approximate surface area is 110 Å². The lowest BCUT2D eigenvalue weighted by Gasteiger charge is -2.13. The van der Waals surface area contributed by atoms with E-state index in [-0.39, 0.29) is 5.82 Å². The van der Waals surface area contributed by atoms with Crippen LogP contribution in [0.5, 0.6) is 0 Å². The first-order chi connectivity index (χ1) is 8.54. The molecule has 1 aromatic rings. The fourth-order valence-electron chi connectivity index (χ4n) is 1.80. The van der Waals surface area contributed by atoms with Crippen molar-refractivity contribution >= 4 is 6.08 Å². The van der Waals surface area contributed by atoms with Gasteiger partial charge in [-0.15, -0.1) is 0 Å². The number of nitrogens with one attached hydrogen (secondary N) is 1. The van der Waals surface area contributed by atoms with Crippen LogP contribution in [0.25, 0.3) is 6.08 Å². The third kappa shape index (κ3) is 4.61. The van der Waals surface area contributed by atoms with Gasteiger partial charge in [0.2, 0.25) is 0 Å². The van der Waals surface area contributed by atoms with Gasteiger partial charge in [-0.1, -0.05) is 44.1 Å². The number of hydrogen-bond acceptors (Lipinski definition) is 1. The maximum Gasteiger partial charge on any atom is 0.130 e. The lowest BCUT2D eigenvalue weighted by molar-refractivity contribution is 0.622. The molecule has 0 fully saturated rings. The Balaban J connectivity index is 2.89. The molecule has 0 aromatic heterocycles. The van der Waals surface area contributed by atoms with E-state index in [1.165, 1.54) is 5.57 Å². The van der Waals surface area contributed by atoms with E-state index in [9.17, 15) is 4.39 Å². The molecule has 0 saturated carbocycles. The molecule has 0 heterocycles. The summed E-state index contributed by atoms with van der Waals surface area (Å²) in [6, 6.07) is 5.24. The van der Waals surface area contributed by atoms with Crippen molar-refractivity contribution in [3.05, 3.63) is 40.7 Å². The zero-order chi connectivity index (χ0) is 13.5. The molecule has 0 aliphatic heterocycles. The first kappa shape index (κ1) is 14.9. The second-order valence-electron chi connectivity index (χ2n) is 5.08. The number of halogens is 1. The number of hydrogen-bond donors (Lipinski definition) is 1. The molecule has 0 aliphatic rings. The summed E-state index contributed by atoms with van der Waals surface area (Å²) in [5, 5.41) is 3.38. The van der Waals surface area contributed by atoms with Crippen molar-refractivity contribution in [3.63, 3.8) is 0 Å². The minimum Gasteiger partial charge on any atom is -0.313 e. The third-order valence-electron chi connectivity index (χ3n) is 2.99. The third-order valence-corrected chi connectivity index (χ3v) is 2.99. The molecule has 1 nitrogen and oxygen atoms in total. The van der Waals surface area contributed by atoms with Crippen LogP contribution in [-0.4, -0.2) is 13.1 Å². The molecule has 0 aliphatic carbocycles. The van der Waals surface area contributed by atoms with E-state index in [1.807, 2.05) is 19.1 Å². The van der Waals surface area contributed by atoms with Gasteiger partial charge in [-0.3, -0.25) is 0 Å². The summed E-state index contributed by atoms with van der Waals surface area (Å²) in [5.41, 5.74) is 3.03. The zero-order valence-electron chi connectivity index (χ0n) is 11.9. The highest BCUT2D eigenvalue weighted by Gasteiger charge is 2.06. The molecule has 1 N–H and O–H groups in total. The van der Waals surface area contributed by atoms with E-state index >= 15 is 0 Å². The first-order valence-electron chi connectivity index (χ1n) is 6.72. The lowest BCUT2D eigenvalue weighted by atomic mass is 9.99. The largest absolute Gasteiger partial charge is 0.313 e. The second-order valence-corrected chi connectivity index (χ2v) is 5.08. The Morgan fingerprint density at radius 1 is 1.39 bits per heavy atom. The SMILES string of the molecule is CCCNC/C(=C/c1cc(C)ccc1F)C(C)C. The monoisotopic (exact) mass is 249 g/mol. The van der Waals surface area contributed by atoms with Crippen LogP contribution in [0.15, 0.2) is 23.8 Å². The molecule has 18 heavy (non-hydrogen) atoms. The Morgan fingerprint density at radius 2 is 2.11 bits per heavy atom. The summed E-state index contributed by atoms with van der Waals surface area (Å²) in [5.74, 6) is 0.281. The van der Waals surface area contributed by atoms with Crippen molar-refractivity contribution in [1.29, 1.82) is 0 Å². The van der Waals surface area contributed by atoms with Crippen molar-refractivity contribution in [1.82, 2.24) is 5.32 Å². The molecular weight excluding hydrogens is 225 g/mol. The summed E-state index contributed by atoms with van der Waals surface area (Å²) < 4.78 is 13.7. The Morgan fingerprint density at radius 3 is 2.72 bits per heavy atom. The molecule has 0 atom stereocenters. The molecule has 0 amide bonds. The van der Waals surface area contributed by atoms with Gasteiger partial charge in [0.05, 0.1) is 0 Å². The highest BCUT2D eigenvalue weighted by molar-refractivity contribution is 5.55. The number of aryl methyl sites for hydroxylation is 1. The van der Waals surface area contributed by atoms with Gasteiger partial charge in [-0.25, -0.2) is 4.39 Å².